The summed E-state index contributed by atoms with van der Waals surface area (Å²) in [5.74, 6) is 0.917. The Balaban J connectivity index is 0.00000289. The number of guanidine groups is 1. The van der Waals surface area contributed by atoms with Crippen molar-refractivity contribution in [2.75, 3.05) is 39.4 Å². The molecule has 0 aromatic heterocycles. The SMILES string of the molecule is CCNC(=NCCCOCC)N1CC[C@@H](O)C1.I. The summed E-state index contributed by atoms with van der Waals surface area (Å²) in [7, 11) is 0. The summed E-state index contributed by atoms with van der Waals surface area (Å²) in [4.78, 5) is 6.66. The van der Waals surface area contributed by atoms with Crippen LogP contribution in [-0.2, 0) is 4.74 Å². The average Bonchev–Trinajstić information content (AvgIpc) is 2.74. The molecule has 1 aliphatic rings. The van der Waals surface area contributed by atoms with Crippen molar-refractivity contribution in [2.45, 2.75) is 32.8 Å². The predicted octanol–water partition coefficient (Wildman–Crippen LogP) is 1.06. The van der Waals surface area contributed by atoms with E-state index < -0.39 is 0 Å². The Morgan fingerprint density at radius 3 is 2.83 bits per heavy atom. The molecule has 5 nitrogen and oxygen atoms in total. The molecule has 0 spiro atoms. The van der Waals surface area contributed by atoms with Crippen molar-refractivity contribution in [3.8, 4) is 0 Å². The normalized spacial score (nSPS) is 19.8. The van der Waals surface area contributed by atoms with Crippen molar-refractivity contribution in [2.24, 2.45) is 4.99 Å². The van der Waals surface area contributed by atoms with E-state index in [0.29, 0.717) is 6.54 Å². The zero-order valence-electron chi connectivity index (χ0n) is 11.4. The quantitative estimate of drug-likeness (QED) is 0.317. The van der Waals surface area contributed by atoms with Gasteiger partial charge in [0.1, 0.15) is 0 Å². The van der Waals surface area contributed by atoms with Crippen LogP contribution in [0.15, 0.2) is 4.99 Å². The van der Waals surface area contributed by atoms with E-state index in [1.807, 2.05) is 6.92 Å². The number of aliphatic hydroxyl groups is 1. The van der Waals surface area contributed by atoms with Crippen LogP contribution in [0.2, 0.25) is 0 Å². The summed E-state index contributed by atoms with van der Waals surface area (Å²) in [6.07, 6.45) is 1.57. The molecule has 0 amide bonds. The van der Waals surface area contributed by atoms with Crippen LogP contribution < -0.4 is 5.32 Å². The van der Waals surface area contributed by atoms with E-state index in [1.165, 1.54) is 0 Å². The lowest BCUT2D eigenvalue weighted by molar-refractivity contribution is 0.146. The Morgan fingerprint density at radius 2 is 2.28 bits per heavy atom. The summed E-state index contributed by atoms with van der Waals surface area (Å²) in [5.41, 5.74) is 0. The summed E-state index contributed by atoms with van der Waals surface area (Å²) in [5, 5.41) is 12.8. The van der Waals surface area contributed by atoms with Gasteiger partial charge in [-0.1, -0.05) is 0 Å². The molecule has 0 aliphatic carbocycles. The minimum absolute atomic E-state index is 0. The van der Waals surface area contributed by atoms with Gasteiger partial charge in [0.15, 0.2) is 5.96 Å². The number of likely N-dealkylation sites (tertiary alicyclic amines) is 1. The number of aliphatic imine (C=N–C) groups is 1. The predicted molar refractivity (Wildman–Crippen MR) is 84.7 cm³/mol. The standard InChI is InChI=1S/C12H25N3O2.HI/c1-3-13-12(14-7-5-9-17-4-2)15-8-6-11(16)10-15;/h11,16H,3-10H2,1-2H3,(H,13,14);1H/t11-;/m1./s1. The smallest absolute Gasteiger partial charge is 0.194 e. The molecule has 1 rings (SSSR count). The summed E-state index contributed by atoms with van der Waals surface area (Å²) >= 11 is 0. The Hall–Kier alpha value is -0.0800. The molecule has 1 fully saturated rings. The highest BCUT2D eigenvalue weighted by Gasteiger charge is 2.22. The van der Waals surface area contributed by atoms with Gasteiger partial charge in [0, 0.05) is 39.4 Å². The highest BCUT2D eigenvalue weighted by Crippen LogP contribution is 2.08. The molecular weight excluding hydrogens is 345 g/mol. The lowest BCUT2D eigenvalue weighted by atomic mass is 10.3. The maximum atomic E-state index is 9.51. The van der Waals surface area contributed by atoms with E-state index in [2.05, 4.69) is 22.1 Å². The fraction of sp³-hybridized carbons (Fsp3) is 0.917. The molecular formula is C12H26IN3O2. The van der Waals surface area contributed by atoms with Crippen molar-refractivity contribution >= 4 is 29.9 Å². The van der Waals surface area contributed by atoms with E-state index >= 15 is 0 Å². The lowest BCUT2D eigenvalue weighted by Gasteiger charge is -2.20. The summed E-state index contributed by atoms with van der Waals surface area (Å²) in [6, 6.07) is 0. The highest BCUT2D eigenvalue weighted by atomic mass is 127. The van der Waals surface area contributed by atoms with Crippen molar-refractivity contribution in [3.05, 3.63) is 0 Å². The molecule has 0 bridgehead atoms. The van der Waals surface area contributed by atoms with E-state index in [4.69, 9.17) is 4.74 Å². The fourth-order valence-corrected chi connectivity index (χ4v) is 1.86. The minimum Gasteiger partial charge on any atom is -0.391 e. The molecule has 0 radical (unpaired) electrons. The monoisotopic (exact) mass is 371 g/mol. The van der Waals surface area contributed by atoms with Crippen LogP contribution in [0.5, 0.6) is 0 Å². The molecule has 0 unspecified atom stereocenters. The minimum atomic E-state index is -0.206. The molecule has 108 valence electrons. The van der Waals surface area contributed by atoms with Crippen molar-refractivity contribution in [1.82, 2.24) is 10.2 Å². The number of hydrogen-bond acceptors (Lipinski definition) is 3. The number of halogens is 1. The van der Waals surface area contributed by atoms with Crippen LogP contribution >= 0.6 is 24.0 Å². The molecule has 0 aromatic carbocycles. The van der Waals surface area contributed by atoms with Crippen molar-refractivity contribution < 1.29 is 9.84 Å². The van der Waals surface area contributed by atoms with E-state index in [-0.39, 0.29) is 30.1 Å². The van der Waals surface area contributed by atoms with Gasteiger partial charge in [0.25, 0.3) is 0 Å². The van der Waals surface area contributed by atoms with Crippen LogP contribution in [0.3, 0.4) is 0 Å². The molecule has 2 N–H and O–H groups in total. The maximum absolute atomic E-state index is 9.51. The van der Waals surface area contributed by atoms with E-state index in [0.717, 1.165) is 51.6 Å². The number of aliphatic hydroxyl groups excluding tert-OH is 1. The number of ether oxygens (including phenoxy) is 1. The third kappa shape index (κ3) is 6.75. The molecule has 1 heterocycles. The first-order valence-electron chi connectivity index (χ1n) is 6.57. The first kappa shape index (κ1) is 17.9. The van der Waals surface area contributed by atoms with Crippen LogP contribution in [0, 0.1) is 0 Å². The molecule has 18 heavy (non-hydrogen) atoms. The Morgan fingerprint density at radius 1 is 1.50 bits per heavy atom. The number of nitrogens with one attached hydrogen (secondary N) is 1. The molecule has 1 aliphatic heterocycles. The largest absolute Gasteiger partial charge is 0.391 e. The van der Waals surface area contributed by atoms with E-state index in [1.54, 1.807) is 0 Å². The van der Waals surface area contributed by atoms with Gasteiger partial charge in [-0.2, -0.15) is 0 Å². The second-order valence-electron chi connectivity index (χ2n) is 4.17. The fourth-order valence-electron chi connectivity index (χ4n) is 1.86. The van der Waals surface area contributed by atoms with Gasteiger partial charge < -0.3 is 20.1 Å². The highest BCUT2D eigenvalue weighted by molar-refractivity contribution is 14.0. The van der Waals surface area contributed by atoms with Gasteiger partial charge in [-0.15, -0.1) is 24.0 Å². The second-order valence-corrected chi connectivity index (χ2v) is 4.17. The van der Waals surface area contributed by atoms with Gasteiger partial charge in [-0.3, -0.25) is 4.99 Å². The molecule has 1 atom stereocenters. The molecule has 1 saturated heterocycles. The topological polar surface area (TPSA) is 57.1 Å². The number of β-amino-alcohol motifs (C(OH)–C–C–N with tert-alkyl or cyclic N) is 1. The van der Waals surface area contributed by atoms with Gasteiger partial charge in [-0.25, -0.2) is 0 Å². The lowest BCUT2D eigenvalue weighted by Crippen LogP contribution is -2.40. The number of nitrogens with zero attached hydrogens (tertiary/aromatic N) is 2. The molecule has 0 saturated carbocycles. The third-order valence-corrected chi connectivity index (χ3v) is 2.71. The Labute approximate surface area is 127 Å². The van der Waals surface area contributed by atoms with E-state index in [9.17, 15) is 5.11 Å². The second kappa shape index (κ2) is 10.8. The van der Waals surface area contributed by atoms with Crippen molar-refractivity contribution in [3.63, 3.8) is 0 Å². The van der Waals surface area contributed by atoms with Gasteiger partial charge in [0.2, 0.25) is 0 Å². The molecule has 6 heteroatoms. The van der Waals surface area contributed by atoms with Gasteiger partial charge >= 0.3 is 0 Å². The third-order valence-electron chi connectivity index (χ3n) is 2.71. The number of rotatable bonds is 6. The van der Waals surface area contributed by atoms with Crippen molar-refractivity contribution in [1.29, 1.82) is 0 Å². The molecule has 0 aromatic rings. The Kier molecular flexibility index (Phi) is 10.8. The van der Waals surface area contributed by atoms with Crippen LogP contribution in [0.4, 0.5) is 0 Å². The maximum Gasteiger partial charge on any atom is 0.194 e. The summed E-state index contributed by atoms with van der Waals surface area (Å²) in [6.45, 7) is 8.80. The van der Waals surface area contributed by atoms with Crippen LogP contribution in [0.25, 0.3) is 0 Å². The van der Waals surface area contributed by atoms with Gasteiger partial charge in [-0.05, 0) is 26.7 Å². The van der Waals surface area contributed by atoms with Crippen LogP contribution in [0.1, 0.15) is 26.7 Å². The van der Waals surface area contributed by atoms with Crippen LogP contribution in [-0.4, -0.2) is 61.5 Å². The zero-order chi connectivity index (χ0) is 12.5. The Bertz CT molecular complexity index is 239. The first-order valence-corrected chi connectivity index (χ1v) is 6.57. The van der Waals surface area contributed by atoms with Gasteiger partial charge in [0.05, 0.1) is 6.10 Å². The summed E-state index contributed by atoms with van der Waals surface area (Å²) < 4.78 is 5.27. The first-order chi connectivity index (χ1) is 8.27. The average molecular weight is 371 g/mol. The zero-order valence-corrected chi connectivity index (χ0v) is 13.7. The number of hydrogen-bond donors (Lipinski definition) is 2.